The molecule has 0 saturated carbocycles. The maximum atomic E-state index is 12.1. The first-order valence-corrected chi connectivity index (χ1v) is 6.16. The van der Waals surface area contributed by atoms with Crippen molar-refractivity contribution in [2.24, 2.45) is 0 Å². The maximum Gasteiger partial charge on any atom is 0.170 e. The fraction of sp³-hybridized carbons (Fsp3) is 0.133. The monoisotopic (exact) mass is 258 g/mol. The second-order valence-corrected chi connectivity index (χ2v) is 4.72. The Morgan fingerprint density at radius 2 is 1.89 bits per heavy atom. The van der Waals surface area contributed by atoms with E-state index in [1.807, 2.05) is 30.3 Å². The van der Waals surface area contributed by atoms with E-state index in [4.69, 9.17) is 16.3 Å². The topological polar surface area (TPSA) is 26.3 Å². The number of fused-ring (bicyclic) bond motifs is 1. The first kappa shape index (κ1) is 11.3. The van der Waals surface area contributed by atoms with Crippen LogP contribution in [-0.4, -0.2) is 5.78 Å². The zero-order valence-electron chi connectivity index (χ0n) is 9.60. The molecule has 0 aromatic heterocycles. The van der Waals surface area contributed by atoms with Gasteiger partial charge in [-0.25, -0.2) is 0 Å². The third kappa shape index (κ3) is 2.00. The van der Waals surface area contributed by atoms with Gasteiger partial charge in [-0.05, 0) is 23.8 Å². The standard InChI is InChI=1S/C15H11ClO2/c16-11-6-7-12-13(17)9-14(18-15(12)8-11)10-4-2-1-3-5-10/h1-8,14H,9H2. The van der Waals surface area contributed by atoms with Gasteiger partial charge in [-0.15, -0.1) is 0 Å². The molecular formula is C15H11ClO2. The van der Waals surface area contributed by atoms with Crippen molar-refractivity contribution >= 4 is 17.4 Å². The van der Waals surface area contributed by atoms with E-state index in [0.717, 1.165) is 5.56 Å². The van der Waals surface area contributed by atoms with Crippen LogP contribution in [0.15, 0.2) is 48.5 Å². The molecule has 0 saturated heterocycles. The highest BCUT2D eigenvalue weighted by Crippen LogP contribution is 2.36. The Morgan fingerprint density at radius 1 is 1.11 bits per heavy atom. The van der Waals surface area contributed by atoms with Crippen LogP contribution in [0.1, 0.15) is 28.4 Å². The van der Waals surface area contributed by atoms with Crippen molar-refractivity contribution in [3.63, 3.8) is 0 Å². The van der Waals surface area contributed by atoms with Crippen LogP contribution in [-0.2, 0) is 0 Å². The van der Waals surface area contributed by atoms with Gasteiger partial charge in [-0.1, -0.05) is 41.9 Å². The Bertz CT molecular complexity index is 593. The number of carbonyl (C=O) groups is 1. The van der Waals surface area contributed by atoms with E-state index < -0.39 is 0 Å². The van der Waals surface area contributed by atoms with E-state index in [2.05, 4.69) is 0 Å². The Kier molecular flexibility index (Phi) is 2.80. The molecule has 0 radical (unpaired) electrons. The van der Waals surface area contributed by atoms with Gasteiger partial charge < -0.3 is 4.74 Å². The highest BCUT2D eigenvalue weighted by atomic mass is 35.5. The predicted molar refractivity (Wildman–Crippen MR) is 70.2 cm³/mol. The van der Waals surface area contributed by atoms with Gasteiger partial charge in [0.25, 0.3) is 0 Å². The summed E-state index contributed by atoms with van der Waals surface area (Å²) in [4.78, 5) is 12.1. The summed E-state index contributed by atoms with van der Waals surface area (Å²) in [6, 6.07) is 14.9. The zero-order chi connectivity index (χ0) is 12.5. The van der Waals surface area contributed by atoms with Crippen LogP contribution >= 0.6 is 11.6 Å². The number of rotatable bonds is 1. The molecule has 90 valence electrons. The molecule has 2 aromatic rings. The summed E-state index contributed by atoms with van der Waals surface area (Å²) in [7, 11) is 0. The van der Waals surface area contributed by atoms with E-state index in [1.165, 1.54) is 0 Å². The molecule has 1 aliphatic rings. The first-order chi connectivity index (χ1) is 8.74. The predicted octanol–water partition coefficient (Wildman–Crippen LogP) is 4.05. The van der Waals surface area contributed by atoms with E-state index in [1.54, 1.807) is 18.2 Å². The summed E-state index contributed by atoms with van der Waals surface area (Å²) >= 11 is 5.93. The normalized spacial score (nSPS) is 18.1. The van der Waals surface area contributed by atoms with Crippen LogP contribution < -0.4 is 4.74 Å². The van der Waals surface area contributed by atoms with Gasteiger partial charge in [0.1, 0.15) is 11.9 Å². The quantitative estimate of drug-likeness (QED) is 0.771. The van der Waals surface area contributed by atoms with Gasteiger partial charge in [0.15, 0.2) is 5.78 Å². The lowest BCUT2D eigenvalue weighted by molar-refractivity contribution is 0.0850. The maximum absolute atomic E-state index is 12.1. The molecule has 1 heterocycles. The lowest BCUT2D eigenvalue weighted by atomic mass is 9.96. The average molecular weight is 259 g/mol. The Morgan fingerprint density at radius 3 is 2.67 bits per heavy atom. The fourth-order valence-electron chi connectivity index (χ4n) is 2.15. The van der Waals surface area contributed by atoms with Gasteiger partial charge in [-0.3, -0.25) is 4.79 Å². The summed E-state index contributed by atoms with van der Waals surface area (Å²) in [5.41, 5.74) is 1.63. The second-order valence-electron chi connectivity index (χ2n) is 4.28. The molecule has 0 spiro atoms. The molecule has 0 aliphatic carbocycles. The molecule has 1 unspecified atom stereocenters. The van der Waals surface area contributed by atoms with Crippen molar-refractivity contribution in [1.29, 1.82) is 0 Å². The molecule has 3 rings (SSSR count). The van der Waals surface area contributed by atoms with Crippen LogP contribution in [0.3, 0.4) is 0 Å². The molecule has 18 heavy (non-hydrogen) atoms. The van der Waals surface area contributed by atoms with Crippen molar-refractivity contribution < 1.29 is 9.53 Å². The largest absolute Gasteiger partial charge is 0.484 e. The number of hydrogen-bond donors (Lipinski definition) is 0. The Labute approximate surface area is 110 Å². The number of carbonyl (C=O) groups excluding carboxylic acids is 1. The fourth-order valence-corrected chi connectivity index (χ4v) is 2.31. The molecule has 1 aliphatic heterocycles. The van der Waals surface area contributed by atoms with E-state index in [9.17, 15) is 4.79 Å². The zero-order valence-corrected chi connectivity index (χ0v) is 10.4. The molecule has 1 atom stereocenters. The van der Waals surface area contributed by atoms with Crippen molar-refractivity contribution in [3.05, 3.63) is 64.7 Å². The second kappa shape index (κ2) is 4.46. The van der Waals surface area contributed by atoms with E-state index in [-0.39, 0.29) is 11.9 Å². The number of ketones is 1. The average Bonchev–Trinajstić information content (AvgIpc) is 2.39. The van der Waals surface area contributed by atoms with E-state index in [0.29, 0.717) is 22.8 Å². The summed E-state index contributed by atoms with van der Waals surface area (Å²) in [5.74, 6) is 0.675. The highest BCUT2D eigenvalue weighted by Gasteiger charge is 2.27. The van der Waals surface area contributed by atoms with Crippen LogP contribution in [0, 0.1) is 0 Å². The van der Waals surface area contributed by atoms with Gasteiger partial charge in [0.2, 0.25) is 0 Å². The first-order valence-electron chi connectivity index (χ1n) is 5.78. The summed E-state index contributed by atoms with van der Waals surface area (Å²) < 4.78 is 5.86. The Hall–Kier alpha value is -1.80. The lowest BCUT2D eigenvalue weighted by Gasteiger charge is -2.25. The van der Waals surface area contributed by atoms with Crippen LogP contribution in [0.5, 0.6) is 5.75 Å². The molecule has 0 N–H and O–H groups in total. The van der Waals surface area contributed by atoms with Crippen LogP contribution in [0.4, 0.5) is 0 Å². The molecular weight excluding hydrogens is 248 g/mol. The highest BCUT2D eigenvalue weighted by molar-refractivity contribution is 6.30. The number of hydrogen-bond acceptors (Lipinski definition) is 2. The van der Waals surface area contributed by atoms with Gasteiger partial charge in [0.05, 0.1) is 12.0 Å². The smallest absolute Gasteiger partial charge is 0.170 e. The molecule has 2 aromatic carbocycles. The Balaban J connectivity index is 1.98. The van der Waals surface area contributed by atoms with Crippen molar-refractivity contribution in [3.8, 4) is 5.75 Å². The lowest BCUT2D eigenvalue weighted by Crippen LogP contribution is -2.20. The molecule has 2 nitrogen and oxygen atoms in total. The molecule has 0 amide bonds. The minimum absolute atomic E-state index is 0.0989. The number of halogens is 1. The van der Waals surface area contributed by atoms with Crippen LogP contribution in [0.25, 0.3) is 0 Å². The number of Topliss-reactive ketones (excluding diaryl/α,β-unsaturated/α-hetero) is 1. The van der Waals surface area contributed by atoms with Crippen molar-refractivity contribution in [2.75, 3.05) is 0 Å². The van der Waals surface area contributed by atoms with E-state index >= 15 is 0 Å². The molecule has 0 fully saturated rings. The van der Waals surface area contributed by atoms with Gasteiger partial charge >= 0.3 is 0 Å². The third-order valence-electron chi connectivity index (χ3n) is 3.06. The van der Waals surface area contributed by atoms with Crippen molar-refractivity contribution in [2.45, 2.75) is 12.5 Å². The van der Waals surface area contributed by atoms with Crippen molar-refractivity contribution in [1.82, 2.24) is 0 Å². The van der Waals surface area contributed by atoms with Crippen LogP contribution in [0.2, 0.25) is 5.02 Å². The SMILES string of the molecule is O=C1CC(c2ccccc2)Oc2cc(Cl)ccc21. The molecule has 3 heteroatoms. The van der Waals surface area contributed by atoms with Gasteiger partial charge in [0, 0.05) is 5.02 Å². The third-order valence-corrected chi connectivity index (χ3v) is 3.29. The number of ether oxygens (including phenoxy) is 1. The molecule has 0 bridgehead atoms. The number of benzene rings is 2. The summed E-state index contributed by atoms with van der Waals surface area (Å²) in [6.45, 7) is 0. The van der Waals surface area contributed by atoms with Gasteiger partial charge in [-0.2, -0.15) is 0 Å². The minimum Gasteiger partial charge on any atom is -0.484 e. The summed E-state index contributed by atoms with van der Waals surface area (Å²) in [6.07, 6.45) is 0.156. The minimum atomic E-state index is -0.218. The summed E-state index contributed by atoms with van der Waals surface area (Å²) in [5, 5.41) is 0.579.